The second-order valence-corrected chi connectivity index (χ2v) is 7.28. The normalized spacial score (nSPS) is 17.2. The van der Waals surface area contributed by atoms with E-state index in [-0.39, 0.29) is 4.90 Å². The predicted molar refractivity (Wildman–Crippen MR) is 81.3 cm³/mol. The molecule has 3 N–H and O–H groups in total. The number of nitrogens with two attached hydrogens (primary N) is 1. The summed E-state index contributed by atoms with van der Waals surface area (Å²) in [5.41, 5.74) is 6.34. The molecule has 0 amide bonds. The van der Waals surface area contributed by atoms with Gasteiger partial charge >= 0.3 is 0 Å². The first-order chi connectivity index (χ1) is 10.0. The summed E-state index contributed by atoms with van der Waals surface area (Å²) in [6.45, 7) is 1.03. The zero-order chi connectivity index (χ0) is 15.3. The average Bonchev–Trinajstić information content (AvgIpc) is 2.87. The van der Waals surface area contributed by atoms with Crippen molar-refractivity contribution in [2.45, 2.75) is 49.6 Å². The van der Waals surface area contributed by atoms with Gasteiger partial charge in [0.15, 0.2) is 0 Å². The smallest absolute Gasteiger partial charge is 0.242 e. The molecule has 1 saturated carbocycles. The number of hydrogen-bond acceptors (Lipinski definition) is 4. The average molecular weight is 315 g/mol. The van der Waals surface area contributed by atoms with Crippen LogP contribution < -0.4 is 10.5 Å². The van der Waals surface area contributed by atoms with Crippen LogP contribution in [-0.4, -0.2) is 32.2 Å². The van der Waals surface area contributed by atoms with Crippen molar-refractivity contribution in [3.05, 3.63) is 18.0 Å². The molecule has 6 nitrogen and oxygen atoms in total. The van der Waals surface area contributed by atoms with Gasteiger partial charge in [-0.2, -0.15) is 0 Å². The molecule has 0 spiro atoms. The highest BCUT2D eigenvalue weighted by molar-refractivity contribution is 7.89. The number of sulfonamides is 1. The van der Waals surface area contributed by atoms with Crippen molar-refractivity contribution in [1.29, 1.82) is 0 Å². The van der Waals surface area contributed by atoms with Crippen LogP contribution in [0, 0.1) is 0 Å². The van der Waals surface area contributed by atoms with Crippen LogP contribution in [0.15, 0.2) is 17.2 Å². The third-order valence-corrected chi connectivity index (χ3v) is 5.33. The predicted octanol–water partition coefficient (Wildman–Crippen LogP) is 1.11. The Morgan fingerprint density at radius 2 is 2.10 bits per heavy atom. The molecule has 1 aromatic heterocycles. The van der Waals surface area contributed by atoms with Crippen LogP contribution in [0.2, 0.25) is 0 Å². The van der Waals surface area contributed by atoms with E-state index in [4.69, 9.17) is 10.5 Å². The number of aryl methyl sites for hydroxylation is 1. The number of ether oxygens (including phenoxy) is 1. The van der Waals surface area contributed by atoms with Gasteiger partial charge in [-0.1, -0.05) is 19.3 Å². The van der Waals surface area contributed by atoms with E-state index in [9.17, 15) is 8.42 Å². The summed E-state index contributed by atoms with van der Waals surface area (Å²) in [4.78, 5) is 0.253. The van der Waals surface area contributed by atoms with Crippen molar-refractivity contribution in [3.63, 3.8) is 0 Å². The first kappa shape index (κ1) is 16.5. The fraction of sp³-hybridized carbons (Fsp3) is 0.714. The standard InChI is InChI=1S/C14H25N3O3S/c1-17-11-14(9-12(17)10-15)21(18,19)16-7-8-20-13-5-3-2-4-6-13/h9,11,13,16H,2-8,10,15H2,1H3. The highest BCUT2D eigenvalue weighted by atomic mass is 32.2. The lowest BCUT2D eigenvalue weighted by Crippen LogP contribution is -2.29. The SMILES string of the molecule is Cn1cc(S(=O)(=O)NCCOC2CCCCC2)cc1CN. The van der Waals surface area contributed by atoms with Crippen molar-refractivity contribution in [3.8, 4) is 0 Å². The highest BCUT2D eigenvalue weighted by Crippen LogP contribution is 2.20. The van der Waals surface area contributed by atoms with Crippen molar-refractivity contribution < 1.29 is 13.2 Å². The van der Waals surface area contributed by atoms with E-state index in [0.717, 1.165) is 18.5 Å². The number of nitrogens with one attached hydrogen (secondary N) is 1. The Kier molecular flexibility index (Phi) is 5.80. The van der Waals surface area contributed by atoms with Gasteiger partial charge in [-0.25, -0.2) is 13.1 Å². The molecule has 21 heavy (non-hydrogen) atoms. The van der Waals surface area contributed by atoms with E-state index < -0.39 is 10.0 Å². The maximum absolute atomic E-state index is 12.1. The second kappa shape index (κ2) is 7.40. The highest BCUT2D eigenvalue weighted by Gasteiger charge is 2.17. The first-order valence-electron chi connectivity index (χ1n) is 7.49. The Labute approximate surface area is 126 Å². The van der Waals surface area contributed by atoms with Crippen LogP contribution in [0.3, 0.4) is 0 Å². The van der Waals surface area contributed by atoms with Gasteiger partial charge in [0.2, 0.25) is 10.0 Å². The minimum Gasteiger partial charge on any atom is -0.377 e. The van der Waals surface area contributed by atoms with E-state index in [1.807, 2.05) is 0 Å². The van der Waals surface area contributed by atoms with Gasteiger partial charge in [0.1, 0.15) is 0 Å². The monoisotopic (exact) mass is 315 g/mol. The molecule has 1 aromatic rings. The molecule has 0 bridgehead atoms. The molecule has 7 heteroatoms. The number of aromatic nitrogens is 1. The van der Waals surface area contributed by atoms with Gasteiger partial charge in [-0.3, -0.25) is 0 Å². The molecule has 0 atom stereocenters. The molecule has 0 aromatic carbocycles. The number of hydrogen-bond donors (Lipinski definition) is 2. The summed E-state index contributed by atoms with van der Waals surface area (Å²) in [6, 6.07) is 1.60. The lowest BCUT2D eigenvalue weighted by molar-refractivity contribution is 0.0321. The molecule has 1 aliphatic carbocycles. The van der Waals surface area contributed by atoms with E-state index in [2.05, 4.69) is 4.72 Å². The minimum atomic E-state index is -3.48. The van der Waals surface area contributed by atoms with Gasteiger partial charge in [0.25, 0.3) is 0 Å². The minimum absolute atomic E-state index is 0.253. The van der Waals surface area contributed by atoms with Crippen LogP contribution in [0.4, 0.5) is 0 Å². The summed E-state index contributed by atoms with van der Waals surface area (Å²) >= 11 is 0. The summed E-state index contributed by atoms with van der Waals surface area (Å²) in [5, 5.41) is 0. The Morgan fingerprint density at radius 1 is 1.38 bits per heavy atom. The van der Waals surface area contributed by atoms with E-state index >= 15 is 0 Å². The van der Waals surface area contributed by atoms with Crippen LogP contribution in [0.25, 0.3) is 0 Å². The summed E-state index contributed by atoms with van der Waals surface area (Å²) in [5.74, 6) is 0. The quantitative estimate of drug-likeness (QED) is 0.738. The molecule has 0 unspecified atom stereocenters. The van der Waals surface area contributed by atoms with E-state index in [0.29, 0.717) is 25.8 Å². The summed E-state index contributed by atoms with van der Waals surface area (Å²) < 4.78 is 34.3. The third-order valence-electron chi connectivity index (χ3n) is 3.90. The molecule has 1 heterocycles. The van der Waals surface area contributed by atoms with Gasteiger partial charge in [-0.15, -0.1) is 0 Å². The molecule has 0 aliphatic heterocycles. The summed E-state index contributed by atoms with van der Waals surface area (Å²) in [6.07, 6.45) is 7.75. The fourth-order valence-electron chi connectivity index (χ4n) is 2.64. The molecule has 0 radical (unpaired) electrons. The Hall–Kier alpha value is -0.890. The maximum atomic E-state index is 12.1. The molecular formula is C14H25N3O3S. The van der Waals surface area contributed by atoms with Crippen molar-refractivity contribution in [2.24, 2.45) is 12.8 Å². The Bertz CT molecular complexity index is 548. The molecule has 2 rings (SSSR count). The molecular weight excluding hydrogens is 290 g/mol. The largest absolute Gasteiger partial charge is 0.377 e. The number of nitrogens with zero attached hydrogens (tertiary/aromatic N) is 1. The van der Waals surface area contributed by atoms with Gasteiger partial charge in [0.05, 0.1) is 17.6 Å². The molecule has 120 valence electrons. The second-order valence-electron chi connectivity index (χ2n) is 5.51. The number of rotatable bonds is 7. The van der Waals surface area contributed by atoms with Gasteiger partial charge < -0.3 is 15.0 Å². The summed E-state index contributed by atoms with van der Waals surface area (Å²) in [7, 11) is -1.70. The van der Waals surface area contributed by atoms with E-state index in [1.165, 1.54) is 19.3 Å². The lowest BCUT2D eigenvalue weighted by atomic mass is 9.98. The van der Waals surface area contributed by atoms with Gasteiger partial charge in [-0.05, 0) is 18.9 Å². The van der Waals surface area contributed by atoms with Crippen LogP contribution in [0.5, 0.6) is 0 Å². The topological polar surface area (TPSA) is 86.3 Å². The molecule has 1 aliphatic rings. The van der Waals surface area contributed by atoms with E-state index in [1.54, 1.807) is 23.9 Å². The van der Waals surface area contributed by atoms with Crippen LogP contribution in [-0.2, 0) is 28.4 Å². The Balaban J connectivity index is 1.80. The fourth-order valence-corrected chi connectivity index (χ4v) is 3.75. The third kappa shape index (κ3) is 4.54. The van der Waals surface area contributed by atoms with Crippen LogP contribution >= 0.6 is 0 Å². The zero-order valence-corrected chi connectivity index (χ0v) is 13.4. The zero-order valence-electron chi connectivity index (χ0n) is 12.5. The van der Waals surface area contributed by atoms with Gasteiger partial charge in [0, 0.05) is 32.0 Å². The molecule has 1 fully saturated rings. The maximum Gasteiger partial charge on any atom is 0.242 e. The molecule has 0 saturated heterocycles. The lowest BCUT2D eigenvalue weighted by Gasteiger charge is -2.21. The van der Waals surface area contributed by atoms with Crippen LogP contribution in [0.1, 0.15) is 37.8 Å². The van der Waals surface area contributed by atoms with Crippen molar-refractivity contribution in [1.82, 2.24) is 9.29 Å². The Morgan fingerprint density at radius 3 is 2.71 bits per heavy atom. The first-order valence-corrected chi connectivity index (χ1v) is 8.98. The van der Waals surface area contributed by atoms with Crippen molar-refractivity contribution >= 4 is 10.0 Å². The van der Waals surface area contributed by atoms with Crippen molar-refractivity contribution in [2.75, 3.05) is 13.2 Å².